The molecule has 0 saturated heterocycles. The molecule has 0 aromatic heterocycles. The first-order valence-corrected chi connectivity index (χ1v) is 11.7. The Morgan fingerprint density at radius 2 is 1.57 bits per heavy atom. The molecule has 3 saturated carbocycles. The minimum Gasteiger partial charge on any atom is -0.393 e. The number of fused-ring (bicyclic) bond motifs is 2. The quantitative estimate of drug-likeness (QED) is 0.588. The van der Waals surface area contributed by atoms with E-state index in [1.807, 2.05) is 0 Å². The first kappa shape index (κ1) is 21.8. The smallest absolute Gasteiger partial charge is 0.0787 e. The molecule has 2 nitrogen and oxygen atoms in total. The number of rotatable bonds is 2. The molecule has 3 aliphatic rings. The van der Waals surface area contributed by atoms with Crippen molar-refractivity contribution in [1.82, 2.24) is 0 Å². The lowest BCUT2D eigenvalue weighted by Gasteiger charge is -2.57. The van der Waals surface area contributed by atoms with Gasteiger partial charge in [-0.2, -0.15) is 0 Å². The fourth-order valence-electron chi connectivity index (χ4n) is 6.64. The predicted octanol–water partition coefficient (Wildman–Crippen LogP) is 6.11. The lowest BCUT2D eigenvalue weighted by Crippen LogP contribution is -2.52. The third-order valence-electron chi connectivity index (χ3n) is 7.44. The molecule has 0 radical (unpaired) electrons. The second-order valence-electron chi connectivity index (χ2n) is 11.0. The number of benzene rings is 1. The van der Waals surface area contributed by atoms with E-state index in [0.29, 0.717) is 16.4 Å². The predicted molar refractivity (Wildman–Crippen MR) is 124 cm³/mol. The Morgan fingerprint density at radius 3 is 2.11 bits per heavy atom. The van der Waals surface area contributed by atoms with Crippen molar-refractivity contribution in [3.05, 3.63) is 35.9 Å². The van der Waals surface area contributed by atoms with Gasteiger partial charge in [0.1, 0.15) is 0 Å². The summed E-state index contributed by atoms with van der Waals surface area (Å²) in [5, 5.41) is 0. The standard InChI is InChI=1S/C19H27NS.C6H13N/c1-17(2)9-14-10-18(3,16(20)21)13-19(11-14,12-17)15-7-5-4-6-8-15;7-6-4-2-1-3-5-6/h4-8,14H,9-13H2,1-3H3,(H2,20,21);6H,1-5,7H2. The van der Waals surface area contributed by atoms with Crippen molar-refractivity contribution in [2.45, 2.75) is 96.4 Å². The molecule has 3 unspecified atom stereocenters. The Balaban J connectivity index is 0.000000271. The van der Waals surface area contributed by atoms with Gasteiger partial charge in [-0.25, -0.2) is 0 Å². The summed E-state index contributed by atoms with van der Waals surface area (Å²) in [5.41, 5.74) is 14.0. The van der Waals surface area contributed by atoms with Crippen molar-refractivity contribution in [3.63, 3.8) is 0 Å². The van der Waals surface area contributed by atoms with Crippen molar-refractivity contribution in [2.75, 3.05) is 0 Å². The summed E-state index contributed by atoms with van der Waals surface area (Å²) in [7, 11) is 0. The van der Waals surface area contributed by atoms with Crippen molar-refractivity contribution < 1.29 is 0 Å². The second-order valence-corrected chi connectivity index (χ2v) is 11.4. The SMILES string of the molecule is CC1(C)CC2CC(C)(C(N)=S)CC(c3ccccc3)(C2)C1.NC1CCCCC1. The third kappa shape index (κ3) is 4.97. The van der Waals surface area contributed by atoms with Crippen LogP contribution in [-0.4, -0.2) is 11.0 Å². The lowest BCUT2D eigenvalue weighted by atomic mass is 9.47. The largest absolute Gasteiger partial charge is 0.393 e. The minimum atomic E-state index is 0.0184. The van der Waals surface area contributed by atoms with Crippen LogP contribution in [0.25, 0.3) is 0 Å². The Kier molecular flexibility index (Phi) is 6.56. The van der Waals surface area contributed by atoms with E-state index >= 15 is 0 Å². The highest BCUT2D eigenvalue weighted by Crippen LogP contribution is 2.61. The van der Waals surface area contributed by atoms with E-state index in [1.165, 1.54) is 63.4 Å². The number of nitrogens with two attached hydrogens (primary N) is 2. The van der Waals surface area contributed by atoms with E-state index in [-0.39, 0.29) is 10.8 Å². The molecule has 0 amide bonds. The van der Waals surface area contributed by atoms with Crippen LogP contribution in [0, 0.1) is 16.7 Å². The molecule has 3 heteroatoms. The van der Waals surface area contributed by atoms with Gasteiger partial charge in [0.25, 0.3) is 0 Å². The minimum absolute atomic E-state index is 0.0184. The summed E-state index contributed by atoms with van der Waals surface area (Å²) < 4.78 is 0. The lowest BCUT2D eigenvalue weighted by molar-refractivity contribution is 0.0134. The first-order valence-electron chi connectivity index (χ1n) is 11.3. The van der Waals surface area contributed by atoms with E-state index in [1.54, 1.807) is 0 Å². The van der Waals surface area contributed by atoms with Crippen LogP contribution in [0.4, 0.5) is 0 Å². The first-order chi connectivity index (χ1) is 13.1. The zero-order valence-electron chi connectivity index (χ0n) is 18.2. The number of hydrogen-bond acceptors (Lipinski definition) is 2. The maximum Gasteiger partial charge on any atom is 0.0787 e. The van der Waals surface area contributed by atoms with Crippen molar-refractivity contribution in [1.29, 1.82) is 0 Å². The van der Waals surface area contributed by atoms with E-state index in [0.717, 1.165) is 12.3 Å². The zero-order chi connectivity index (χ0) is 20.4. The van der Waals surface area contributed by atoms with Crippen LogP contribution < -0.4 is 11.5 Å². The van der Waals surface area contributed by atoms with Crippen LogP contribution in [0.5, 0.6) is 0 Å². The van der Waals surface area contributed by atoms with Gasteiger partial charge in [-0.05, 0) is 67.3 Å². The van der Waals surface area contributed by atoms with E-state index < -0.39 is 0 Å². The molecule has 4 N–H and O–H groups in total. The Morgan fingerprint density at radius 1 is 0.929 bits per heavy atom. The summed E-state index contributed by atoms with van der Waals surface area (Å²) >= 11 is 5.44. The molecule has 4 rings (SSSR count). The molecule has 3 aliphatic carbocycles. The van der Waals surface area contributed by atoms with Gasteiger partial charge in [0.05, 0.1) is 4.99 Å². The summed E-state index contributed by atoms with van der Waals surface area (Å²) in [6, 6.07) is 11.6. The Bertz CT molecular complexity index is 664. The van der Waals surface area contributed by atoms with Gasteiger partial charge in [0.15, 0.2) is 0 Å². The molecule has 28 heavy (non-hydrogen) atoms. The molecule has 0 spiro atoms. The van der Waals surface area contributed by atoms with Gasteiger partial charge >= 0.3 is 0 Å². The normalized spacial score (nSPS) is 34.8. The molecule has 156 valence electrons. The summed E-state index contributed by atoms with van der Waals surface area (Å²) in [5.74, 6) is 0.745. The fourth-order valence-corrected chi connectivity index (χ4v) is 6.79. The Hall–Kier alpha value is -0.930. The molecule has 1 aromatic carbocycles. The van der Waals surface area contributed by atoms with E-state index in [2.05, 4.69) is 51.1 Å². The van der Waals surface area contributed by atoms with Gasteiger partial charge in [0, 0.05) is 11.5 Å². The molecular formula is C25H40N2S. The molecule has 2 bridgehead atoms. The fraction of sp³-hybridized carbons (Fsp3) is 0.720. The van der Waals surface area contributed by atoms with Gasteiger partial charge in [-0.15, -0.1) is 0 Å². The second kappa shape index (κ2) is 8.44. The summed E-state index contributed by atoms with van der Waals surface area (Å²) in [6.45, 7) is 7.15. The highest BCUT2D eigenvalue weighted by Gasteiger charge is 2.53. The summed E-state index contributed by atoms with van der Waals surface area (Å²) in [6.07, 6.45) is 12.8. The van der Waals surface area contributed by atoms with Gasteiger partial charge < -0.3 is 11.5 Å². The number of thiocarbonyl (C=S) groups is 1. The molecule has 0 heterocycles. The molecular weight excluding hydrogens is 360 g/mol. The average molecular weight is 401 g/mol. The van der Waals surface area contributed by atoms with Gasteiger partial charge in [-0.3, -0.25) is 0 Å². The number of hydrogen-bond donors (Lipinski definition) is 2. The van der Waals surface area contributed by atoms with Crippen molar-refractivity contribution in [3.8, 4) is 0 Å². The average Bonchev–Trinajstić information content (AvgIpc) is 2.61. The van der Waals surface area contributed by atoms with Crippen LogP contribution in [0.3, 0.4) is 0 Å². The monoisotopic (exact) mass is 400 g/mol. The molecule has 3 fully saturated rings. The highest BCUT2D eigenvalue weighted by molar-refractivity contribution is 7.80. The van der Waals surface area contributed by atoms with Gasteiger partial charge in [-0.1, -0.05) is 82.6 Å². The summed E-state index contributed by atoms with van der Waals surface area (Å²) in [4.78, 5) is 0.715. The highest BCUT2D eigenvalue weighted by atomic mass is 32.1. The third-order valence-corrected chi connectivity index (χ3v) is 7.93. The maximum atomic E-state index is 6.14. The maximum absolute atomic E-state index is 6.14. The van der Waals surface area contributed by atoms with Crippen LogP contribution in [0.1, 0.15) is 90.5 Å². The van der Waals surface area contributed by atoms with E-state index in [9.17, 15) is 0 Å². The molecule has 0 aliphatic heterocycles. The van der Waals surface area contributed by atoms with Crippen molar-refractivity contribution in [2.24, 2.45) is 28.2 Å². The van der Waals surface area contributed by atoms with Crippen LogP contribution >= 0.6 is 12.2 Å². The van der Waals surface area contributed by atoms with Crippen LogP contribution in [0.2, 0.25) is 0 Å². The van der Waals surface area contributed by atoms with Gasteiger partial charge in [0.2, 0.25) is 0 Å². The Labute approximate surface area is 177 Å². The van der Waals surface area contributed by atoms with Crippen LogP contribution in [-0.2, 0) is 5.41 Å². The van der Waals surface area contributed by atoms with Crippen LogP contribution in [0.15, 0.2) is 30.3 Å². The zero-order valence-corrected chi connectivity index (χ0v) is 19.0. The molecule has 1 aromatic rings. The topological polar surface area (TPSA) is 52.0 Å². The molecule has 3 atom stereocenters. The van der Waals surface area contributed by atoms with E-state index in [4.69, 9.17) is 23.7 Å². The van der Waals surface area contributed by atoms with Crippen molar-refractivity contribution >= 4 is 17.2 Å².